The SMILES string of the molecule is Cc1ccc(S(=O)(=O)N2CCc3c(C(=O)NCC(C)C)cccc32)cc1. The molecule has 3 rings (SSSR count). The Balaban J connectivity index is 1.94. The number of nitrogens with zero attached hydrogens (tertiary/aromatic N) is 1. The Bertz CT molecular complexity index is 919. The number of carbonyl (C=O) groups excluding carboxylic acids is 1. The number of rotatable bonds is 5. The molecule has 0 aromatic heterocycles. The molecule has 1 amide bonds. The lowest BCUT2D eigenvalue weighted by molar-refractivity contribution is 0.0948. The Kier molecular flexibility index (Phi) is 5.05. The number of carbonyl (C=O) groups is 1. The van der Waals surface area contributed by atoms with Crippen LogP contribution < -0.4 is 9.62 Å². The second-order valence-corrected chi connectivity index (χ2v) is 8.91. The van der Waals surface area contributed by atoms with Crippen molar-refractivity contribution in [3.63, 3.8) is 0 Å². The molecular formula is C20H24N2O3S. The van der Waals surface area contributed by atoms with Gasteiger partial charge in [0.15, 0.2) is 0 Å². The van der Waals surface area contributed by atoms with Gasteiger partial charge in [-0.15, -0.1) is 0 Å². The van der Waals surface area contributed by atoms with E-state index in [9.17, 15) is 13.2 Å². The molecule has 6 heteroatoms. The van der Waals surface area contributed by atoms with Crippen LogP contribution in [0.2, 0.25) is 0 Å². The number of aryl methyl sites for hydroxylation is 1. The minimum Gasteiger partial charge on any atom is -0.352 e. The van der Waals surface area contributed by atoms with Gasteiger partial charge in [0.1, 0.15) is 0 Å². The lowest BCUT2D eigenvalue weighted by Gasteiger charge is -2.20. The highest BCUT2D eigenvalue weighted by Crippen LogP contribution is 2.35. The fraction of sp³-hybridized carbons (Fsp3) is 0.350. The number of nitrogens with one attached hydrogen (secondary N) is 1. The highest BCUT2D eigenvalue weighted by molar-refractivity contribution is 7.92. The van der Waals surface area contributed by atoms with E-state index < -0.39 is 10.0 Å². The van der Waals surface area contributed by atoms with Gasteiger partial charge in [0, 0.05) is 18.7 Å². The van der Waals surface area contributed by atoms with Crippen LogP contribution in [0, 0.1) is 12.8 Å². The molecule has 1 aliphatic rings. The Morgan fingerprint density at radius 2 is 1.85 bits per heavy atom. The van der Waals surface area contributed by atoms with Crippen molar-refractivity contribution >= 4 is 21.6 Å². The molecule has 2 aromatic rings. The maximum Gasteiger partial charge on any atom is 0.264 e. The van der Waals surface area contributed by atoms with Crippen LogP contribution in [0.15, 0.2) is 47.4 Å². The summed E-state index contributed by atoms with van der Waals surface area (Å²) in [6.45, 7) is 6.93. The van der Waals surface area contributed by atoms with Crippen LogP contribution in [0.1, 0.15) is 35.3 Å². The quantitative estimate of drug-likeness (QED) is 0.877. The largest absolute Gasteiger partial charge is 0.352 e. The van der Waals surface area contributed by atoms with Gasteiger partial charge in [-0.05, 0) is 49.1 Å². The first-order chi connectivity index (χ1) is 12.3. The van der Waals surface area contributed by atoms with E-state index in [-0.39, 0.29) is 10.8 Å². The maximum atomic E-state index is 13.0. The predicted molar refractivity (Wildman–Crippen MR) is 103 cm³/mol. The lowest BCUT2D eigenvalue weighted by atomic mass is 10.0. The molecule has 0 unspecified atom stereocenters. The Morgan fingerprint density at radius 1 is 1.15 bits per heavy atom. The van der Waals surface area contributed by atoms with E-state index in [4.69, 9.17) is 0 Å². The van der Waals surface area contributed by atoms with Crippen LogP contribution in [0.4, 0.5) is 5.69 Å². The molecule has 0 atom stereocenters. The van der Waals surface area contributed by atoms with Crippen LogP contribution in [0.3, 0.4) is 0 Å². The fourth-order valence-electron chi connectivity index (χ4n) is 3.10. The Morgan fingerprint density at radius 3 is 2.50 bits per heavy atom. The van der Waals surface area contributed by atoms with Gasteiger partial charge >= 0.3 is 0 Å². The highest BCUT2D eigenvalue weighted by Gasteiger charge is 2.33. The number of hydrogen-bond donors (Lipinski definition) is 1. The van der Waals surface area contributed by atoms with Gasteiger partial charge in [0.05, 0.1) is 10.6 Å². The molecule has 5 nitrogen and oxygen atoms in total. The third-order valence-corrected chi connectivity index (χ3v) is 6.34. The Hall–Kier alpha value is -2.34. The van der Waals surface area contributed by atoms with Crippen molar-refractivity contribution < 1.29 is 13.2 Å². The number of anilines is 1. The van der Waals surface area contributed by atoms with Crippen LogP contribution in [-0.4, -0.2) is 27.4 Å². The molecule has 26 heavy (non-hydrogen) atoms. The summed E-state index contributed by atoms with van der Waals surface area (Å²) < 4.78 is 27.5. The third-order valence-electron chi connectivity index (χ3n) is 4.51. The first-order valence-electron chi connectivity index (χ1n) is 8.80. The number of amides is 1. The second kappa shape index (κ2) is 7.11. The summed E-state index contributed by atoms with van der Waals surface area (Å²) in [6.07, 6.45) is 0.533. The summed E-state index contributed by atoms with van der Waals surface area (Å²) in [4.78, 5) is 12.8. The number of hydrogen-bond acceptors (Lipinski definition) is 3. The Labute approximate surface area is 155 Å². The van der Waals surface area contributed by atoms with Gasteiger partial charge < -0.3 is 5.32 Å². The van der Waals surface area contributed by atoms with E-state index in [2.05, 4.69) is 5.32 Å². The number of fused-ring (bicyclic) bond motifs is 1. The number of benzene rings is 2. The lowest BCUT2D eigenvalue weighted by Crippen LogP contribution is -2.29. The normalized spacial score (nSPS) is 13.8. The average molecular weight is 372 g/mol. The second-order valence-electron chi connectivity index (χ2n) is 7.05. The summed E-state index contributed by atoms with van der Waals surface area (Å²) in [5, 5.41) is 2.91. The van der Waals surface area contributed by atoms with E-state index in [1.54, 1.807) is 42.5 Å². The highest BCUT2D eigenvalue weighted by atomic mass is 32.2. The summed E-state index contributed by atoms with van der Waals surface area (Å²) in [5.41, 5.74) is 2.96. The monoisotopic (exact) mass is 372 g/mol. The number of sulfonamides is 1. The standard InChI is InChI=1S/C20H24N2O3S/c1-14(2)13-21-20(23)18-5-4-6-19-17(18)11-12-22(19)26(24,25)16-9-7-15(3)8-10-16/h4-10,14H,11-13H2,1-3H3,(H,21,23). The minimum absolute atomic E-state index is 0.148. The van der Waals surface area contributed by atoms with Crippen molar-refractivity contribution in [2.75, 3.05) is 17.4 Å². The van der Waals surface area contributed by atoms with Gasteiger partial charge in [0.25, 0.3) is 15.9 Å². The molecule has 0 saturated heterocycles. The smallest absolute Gasteiger partial charge is 0.264 e. The molecule has 0 fully saturated rings. The molecule has 0 aliphatic carbocycles. The van der Waals surface area contributed by atoms with Crippen molar-refractivity contribution in [3.05, 3.63) is 59.2 Å². The van der Waals surface area contributed by atoms with E-state index in [1.165, 1.54) is 4.31 Å². The third kappa shape index (κ3) is 3.46. The summed E-state index contributed by atoms with van der Waals surface area (Å²) in [6, 6.07) is 12.1. The molecule has 0 bridgehead atoms. The van der Waals surface area contributed by atoms with Gasteiger partial charge in [0.2, 0.25) is 0 Å². The first-order valence-corrected chi connectivity index (χ1v) is 10.2. The molecular weight excluding hydrogens is 348 g/mol. The zero-order valence-electron chi connectivity index (χ0n) is 15.3. The van der Waals surface area contributed by atoms with Crippen LogP contribution in [0.25, 0.3) is 0 Å². The van der Waals surface area contributed by atoms with E-state index in [1.807, 2.05) is 20.8 Å². The zero-order chi connectivity index (χ0) is 18.9. The summed E-state index contributed by atoms with van der Waals surface area (Å²) in [5.74, 6) is 0.208. The maximum absolute atomic E-state index is 13.0. The van der Waals surface area contributed by atoms with E-state index in [0.717, 1.165) is 11.1 Å². The van der Waals surface area contributed by atoms with E-state index >= 15 is 0 Å². The van der Waals surface area contributed by atoms with Crippen LogP contribution >= 0.6 is 0 Å². The topological polar surface area (TPSA) is 66.5 Å². The van der Waals surface area contributed by atoms with Crippen molar-refractivity contribution in [1.29, 1.82) is 0 Å². The zero-order valence-corrected chi connectivity index (χ0v) is 16.1. The van der Waals surface area contributed by atoms with Crippen molar-refractivity contribution in [2.45, 2.75) is 32.1 Å². The predicted octanol–water partition coefficient (Wildman–Crippen LogP) is 3.13. The van der Waals surface area contributed by atoms with Crippen molar-refractivity contribution in [3.8, 4) is 0 Å². The molecule has 2 aromatic carbocycles. The summed E-state index contributed by atoms with van der Waals surface area (Å²) in [7, 11) is -3.64. The van der Waals surface area contributed by atoms with Gasteiger partial charge in [-0.2, -0.15) is 0 Å². The minimum atomic E-state index is -3.64. The molecule has 0 radical (unpaired) electrons. The van der Waals surface area contributed by atoms with E-state index in [0.29, 0.717) is 36.7 Å². The molecule has 0 saturated carbocycles. The fourth-order valence-corrected chi connectivity index (χ4v) is 4.59. The first kappa shape index (κ1) is 18.5. The average Bonchev–Trinajstić information content (AvgIpc) is 3.05. The van der Waals surface area contributed by atoms with Gasteiger partial charge in [-0.25, -0.2) is 8.42 Å². The van der Waals surface area contributed by atoms with Crippen molar-refractivity contribution in [2.24, 2.45) is 5.92 Å². The molecule has 1 aliphatic heterocycles. The van der Waals surface area contributed by atoms with Gasteiger partial charge in [-0.3, -0.25) is 9.10 Å². The van der Waals surface area contributed by atoms with Crippen molar-refractivity contribution in [1.82, 2.24) is 5.32 Å². The molecule has 138 valence electrons. The van der Waals surface area contributed by atoms with Crippen LogP contribution in [0.5, 0.6) is 0 Å². The van der Waals surface area contributed by atoms with Crippen LogP contribution in [-0.2, 0) is 16.4 Å². The molecule has 1 N–H and O–H groups in total. The molecule has 0 spiro atoms. The molecule has 1 heterocycles. The van der Waals surface area contributed by atoms with Gasteiger partial charge in [-0.1, -0.05) is 37.6 Å². The summed E-state index contributed by atoms with van der Waals surface area (Å²) >= 11 is 0.